The maximum Gasteiger partial charge on any atom is 0.334 e. The monoisotopic (exact) mass is 222 g/mol. The molecule has 0 aromatic rings. The van der Waals surface area contributed by atoms with Crippen LogP contribution in [0.15, 0.2) is 35.5 Å². The average molecular weight is 222 g/mol. The van der Waals surface area contributed by atoms with E-state index in [9.17, 15) is 9.59 Å². The summed E-state index contributed by atoms with van der Waals surface area (Å²) in [5, 5.41) is 0. The summed E-state index contributed by atoms with van der Waals surface area (Å²) in [6.45, 7) is 1.84. The molecular weight excluding hydrogens is 208 g/mol. The first-order valence-electron chi connectivity index (χ1n) is 4.83. The van der Waals surface area contributed by atoms with Gasteiger partial charge in [0.1, 0.15) is 5.92 Å². The molecule has 0 saturated heterocycles. The summed E-state index contributed by atoms with van der Waals surface area (Å²) < 4.78 is 9.29. The van der Waals surface area contributed by atoms with E-state index in [1.165, 1.54) is 14.2 Å². The predicted octanol–water partition coefficient (Wildman–Crippen LogP) is 1.39. The van der Waals surface area contributed by atoms with Gasteiger partial charge in [-0.2, -0.15) is 0 Å². The minimum Gasteiger partial charge on any atom is -0.468 e. The quantitative estimate of drug-likeness (QED) is 0.662. The maximum absolute atomic E-state index is 11.5. The fraction of sp³-hybridized carbons (Fsp3) is 0.333. The Bertz CT molecular complexity index is 388. The second-order valence-electron chi connectivity index (χ2n) is 3.39. The van der Waals surface area contributed by atoms with E-state index in [0.29, 0.717) is 0 Å². The molecule has 4 nitrogen and oxygen atoms in total. The minimum atomic E-state index is -0.703. The fourth-order valence-electron chi connectivity index (χ4n) is 1.44. The van der Waals surface area contributed by atoms with Crippen molar-refractivity contribution in [1.29, 1.82) is 0 Å². The predicted molar refractivity (Wildman–Crippen MR) is 58.5 cm³/mol. The van der Waals surface area contributed by atoms with Crippen molar-refractivity contribution in [2.75, 3.05) is 14.2 Å². The van der Waals surface area contributed by atoms with Crippen LogP contribution in [0.1, 0.15) is 6.92 Å². The molecule has 0 bridgehead atoms. The van der Waals surface area contributed by atoms with Gasteiger partial charge >= 0.3 is 11.9 Å². The van der Waals surface area contributed by atoms with Crippen LogP contribution in [-0.4, -0.2) is 26.2 Å². The van der Waals surface area contributed by atoms with E-state index in [-0.39, 0.29) is 5.57 Å². The van der Waals surface area contributed by atoms with E-state index in [1.54, 1.807) is 18.2 Å². The first-order chi connectivity index (χ1) is 7.60. The number of allylic oxidation sites excluding steroid dienone is 4. The van der Waals surface area contributed by atoms with Crippen molar-refractivity contribution in [3.05, 3.63) is 35.5 Å². The Labute approximate surface area is 94.2 Å². The van der Waals surface area contributed by atoms with E-state index in [0.717, 1.165) is 5.57 Å². The summed E-state index contributed by atoms with van der Waals surface area (Å²) in [7, 11) is 2.57. The van der Waals surface area contributed by atoms with Gasteiger partial charge in [0.2, 0.25) is 0 Å². The summed E-state index contributed by atoms with van der Waals surface area (Å²) in [5.41, 5.74) is 1.17. The van der Waals surface area contributed by atoms with Crippen molar-refractivity contribution in [2.45, 2.75) is 6.92 Å². The normalized spacial score (nSPS) is 19.3. The highest BCUT2D eigenvalue weighted by Crippen LogP contribution is 2.21. The van der Waals surface area contributed by atoms with Gasteiger partial charge in [-0.3, -0.25) is 4.79 Å². The van der Waals surface area contributed by atoms with Crippen LogP contribution in [0.5, 0.6) is 0 Å². The molecule has 1 aliphatic rings. The number of rotatable bonds is 2. The van der Waals surface area contributed by atoms with Gasteiger partial charge in [0, 0.05) is 0 Å². The number of hydrogen-bond donors (Lipinski definition) is 0. The van der Waals surface area contributed by atoms with Gasteiger partial charge in [-0.05, 0) is 13.0 Å². The maximum atomic E-state index is 11.5. The molecule has 0 aromatic carbocycles. The number of hydrogen-bond acceptors (Lipinski definition) is 4. The second-order valence-corrected chi connectivity index (χ2v) is 3.39. The van der Waals surface area contributed by atoms with Crippen molar-refractivity contribution in [3.8, 4) is 0 Å². The summed E-state index contributed by atoms with van der Waals surface area (Å²) in [6.07, 6.45) is 6.79. The van der Waals surface area contributed by atoms with Gasteiger partial charge in [0.25, 0.3) is 0 Å². The molecule has 16 heavy (non-hydrogen) atoms. The first kappa shape index (κ1) is 12.2. The molecule has 4 heteroatoms. The van der Waals surface area contributed by atoms with Crippen LogP contribution < -0.4 is 0 Å². The molecule has 0 saturated carbocycles. The number of carbonyl (C=O) groups excluding carboxylic acids is 2. The number of carbonyl (C=O) groups is 2. The Morgan fingerprint density at radius 2 is 1.94 bits per heavy atom. The van der Waals surface area contributed by atoms with E-state index in [1.807, 2.05) is 13.0 Å². The molecule has 0 fully saturated rings. The van der Waals surface area contributed by atoms with Crippen LogP contribution in [0, 0.1) is 5.92 Å². The van der Waals surface area contributed by atoms with Gasteiger partial charge in [-0.25, -0.2) is 4.79 Å². The van der Waals surface area contributed by atoms with E-state index in [4.69, 9.17) is 0 Å². The highest BCUT2D eigenvalue weighted by Gasteiger charge is 2.27. The van der Waals surface area contributed by atoms with E-state index >= 15 is 0 Å². The zero-order valence-electron chi connectivity index (χ0n) is 9.52. The Morgan fingerprint density at radius 3 is 2.50 bits per heavy atom. The highest BCUT2D eigenvalue weighted by atomic mass is 16.5. The lowest BCUT2D eigenvalue weighted by atomic mass is 9.98. The molecule has 0 amide bonds. The zero-order valence-corrected chi connectivity index (χ0v) is 9.52. The SMILES string of the molecule is COC(=O)C1=CC(C)=CC=CC1C(=O)OC. The standard InChI is InChI=1S/C12H14O4/c1-8-5-4-6-9(11(13)15-2)10(7-8)12(14)16-3/h4-7,9H,1-3H3. The lowest BCUT2D eigenvalue weighted by Gasteiger charge is -2.12. The molecule has 86 valence electrons. The molecule has 1 rings (SSSR count). The van der Waals surface area contributed by atoms with Gasteiger partial charge in [0.05, 0.1) is 19.8 Å². The molecule has 0 aromatic heterocycles. The van der Waals surface area contributed by atoms with Gasteiger partial charge < -0.3 is 9.47 Å². The third kappa shape index (κ3) is 2.59. The van der Waals surface area contributed by atoms with Gasteiger partial charge in [0.15, 0.2) is 0 Å². The van der Waals surface area contributed by atoms with Crippen molar-refractivity contribution < 1.29 is 19.1 Å². The van der Waals surface area contributed by atoms with Gasteiger partial charge in [-0.15, -0.1) is 0 Å². The van der Waals surface area contributed by atoms with Crippen molar-refractivity contribution >= 4 is 11.9 Å². The molecule has 1 atom stereocenters. The second kappa shape index (κ2) is 5.30. The van der Waals surface area contributed by atoms with Crippen LogP contribution >= 0.6 is 0 Å². The Kier molecular flexibility index (Phi) is 4.05. The molecule has 0 radical (unpaired) electrons. The summed E-state index contributed by atoms with van der Waals surface area (Å²) >= 11 is 0. The van der Waals surface area contributed by atoms with Crippen molar-refractivity contribution in [1.82, 2.24) is 0 Å². The van der Waals surface area contributed by atoms with Crippen LogP contribution in [0.4, 0.5) is 0 Å². The van der Waals surface area contributed by atoms with Crippen molar-refractivity contribution in [2.24, 2.45) is 5.92 Å². The molecular formula is C12H14O4. The number of methoxy groups -OCH3 is 2. The molecule has 0 heterocycles. The molecule has 0 aliphatic heterocycles. The van der Waals surface area contributed by atoms with E-state index in [2.05, 4.69) is 9.47 Å². The number of ether oxygens (including phenoxy) is 2. The topological polar surface area (TPSA) is 52.6 Å². The largest absolute Gasteiger partial charge is 0.468 e. The van der Waals surface area contributed by atoms with Gasteiger partial charge in [-0.1, -0.05) is 23.8 Å². The summed E-state index contributed by atoms with van der Waals surface area (Å²) in [6, 6.07) is 0. The Hall–Kier alpha value is -1.84. The number of esters is 2. The molecule has 0 spiro atoms. The Balaban J connectivity index is 3.12. The molecule has 0 N–H and O–H groups in total. The zero-order chi connectivity index (χ0) is 12.1. The third-order valence-corrected chi connectivity index (χ3v) is 2.26. The fourth-order valence-corrected chi connectivity index (χ4v) is 1.44. The highest BCUT2D eigenvalue weighted by molar-refractivity contribution is 5.97. The average Bonchev–Trinajstić information content (AvgIpc) is 2.49. The van der Waals surface area contributed by atoms with E-state index < -0.39 is 17.9 Å². The van der Waals surface area contributed by atoms with Crippen molar-refractivity contribution in [3.63, 3.8) is 0 Å². The minimum absolute atomic E-state index is 0.289. The Morgan fingerprint density at radius 1 is 1.25 bits per heavy atom. The van der Waals surface area contributed by atoms with Crippen LogP contribution in [-0.2, 0) is 19.1 Å². The summed E-state index contributed by atoms with van der Waals surface area (Å²) in [4.78, 5) is 23.0. The van der Waals surface area contributed by atoms with Crippen LogP contribution in [0.2, 0.25) is 0 Å². The third-order valence-electron chi connectivity index (χ3n) is 2.26. The van der Waals surface area contributed by atoms with Crippen LogP contribution in [0.25, 0.3) is 0 Å². The van der Waals surface area contributed by atoms with Crippen LogP contribution in [0.3, 0.4) is 0 Å². The lowest BCUT2D eigenvalue weighted by Crippen LogP contribution is -2.22. The molecule has 1 unspecified atom stereocenters. The smallest absolute Gasteiger partial charge is 0.334 e. The molecule has 1 aliphatic carbocycles. The lowest BCUT2D eigenvalue weighted by molar-refractivity contribution is -0.145. The first-order valence-corrected chi connectivity index (χ1v) is 4.83. The summed E-state index contributed by atoms with van der Waals surface area (Å²) in [5.74, 6) is -1.70.